The molecule has 0 unspecified atom stereocenters. The molecule has 1 aliphatic heterocycles. The third kappa shape index (κ3) is 4.82. The predicted molar refractivity (Wildman–Crippen MR) is 132 cm³/mol. The average Bonchev–Trinajstić information content (AvgIpc) is 2.81. The Balaban J connectivity index is 1.78. The fourth-order valence-electron chi connectivity index (χ4n) is 4.54. The van der Waals surface area contributed by atoms with Crippen LogP contribution in [0.1, 0.15) is 62.3 Å². The summed E-state index contributed by atoms with van der Waals surface area (Å²) in [4.78, 5) is 24.5. The predicted octanol–water partition coefficient (Wildman–Crippen LogP) is 5.38. The highest BCUT2D eigenvalue weighted by atomic mass is 19.3. The molecule has 1 aromatic carbocycles. The third-order valence-electron chi connectivity index (χ3n) is 6.62. The van der Waals surface area contributed by atoms with Crippen LogP contribution in [0.25, 0.3) is 16.5 Å². The monoisotopic (exact) mass is 485 g/mol. The summed E-state index contributed by atoms with van der Waals surface area (Å²) < 4.78 is 42.8. The zero-order valence-electron chi connectivity index (χ0n) is 20.6. The van der Waals surface area contributed by atoms with E-state index in [0.717, 1.165) is 36.8 Å². The maximum Gasteiger partial charge on any atom is 0.277 e. The van der Waals surface area contributed by atoms with Gasteiger partial charge < -0.3 is 9.88 Å². The van der Waals surface area contributed by atoms with Gasteiger partial charge in [0, 0.05) is 37.4 Å². The molecule has 0 fully saturated rings. The standard InChI is InChI=1S/C26H30F3N5O/c1-14(2)34-11-9-17(10-12-34)21-13-20-23(26(35)33(21)5)31-16(4)32-25(20)30-15(3)18-7-6-8-19(22(18)27)24(28)29/h6-9,13-15,24H,10-12H2,1-5H3,(H,30,31,32)/t15-/m1/s1. The molecule has 0 saturated heterocycles. The van der Waals surface area contributed by atoms with Gasteiger partial charge in [-0.1, -0.05) is 24.3 Å². The van der Waals surface area contributed by atoms with Gasteiger partial charge in [-0.05, 0) is 45.8 Å². The smallest absolute Gasteiger partial charge is 0.277 e. The van der Waals surface area contributed by atoms with Crippen LogP contribution < -0.4 is 10.9 Å². The molecule has 9 heteroatoms. The average molecular weight is 486 g/mol. The van der Waals surface area contributed by atoms with Crippen LogP contribution in [0.5, 0.6) is 0 Å². The summed E-state index contributed by atoms with van der Waals surface area (Å²) in [6, 6.07) is 5.60. The molecule has 1 atom stereocenters. The molecular weight excluding hydrogens is 455 g/mol. The third-order valence-corrected chi connectivity index (χ3v) is 6.62. The Bertz CT molecular complexity index is 1350. The first kappa shape index (κ1) is 24.9. The number of nitrogens with one attached hydrogen (secondary N) is 1. The number of hydrogen-bond acceptors (Lipinski definition) is 5. The van der Waals surface area contributed by atoms with Crippen LogP contribution in [0.3, 0.4) is 0 Å². The van der Waals surface area contributed by atoms with Crippen molar-refractivity contribution in [3.05, 3.63) is 69.2 Å². The van der Waals surface area contributed by atoms with Gasteiger partial charge in [0.15, 0.2) is 0 Å². The summed E-state index contributed by atoms with van der Waals surface area (Å²) >= 11 is 0. The van der Waals surface area contributed by atoms with E-state index < -0.39 is 23.8 Å². The van der Waals surface area contributed by atoms with Gasteiger partial charge in [0.2, 0.25) is 0 Å². The van der Waals surface area contributed by atoms with Crippen molar-refractivity contribution in [2.24, 2.45) is 7.05 Å². The van der Waals surface area contributed by atoms with Crippen molar-refractivity contribution in [3.63, 3.8) is 0 Å². The van der Waals surface area contributed by atoms with Crippen molar-refractivity contribution in [1.82, 2.24) is 19.4 Å². The van der Waals surface area contributed by atoms with Crippen molar-refractivity contribution in [2.45, 2.75) is 52.6 Å². The summed E-state index contributed by atoms with van der Waals surface area (Å²) in [5.74, 6) is -0.208. The lowest BCUT2D eigenvalue weighted by atomic mass is 10.0. The molecule has 3 aromatic rings. The van der Waals surface area contributed by atoms with Crippen LogP contribution in [0, 0.1) is 12.7 Å². The normalized spacial score (nSPS) is 15.7. The second kappa shape index (κ2) is 9.81. The SMILES string of the molecule is Cc1nc(N[C@H](C)c2cccc(C(F)F)c2F)c2cc(C3=CCN(C(C)C)CC3)n(C)c(=O)c2n1. The first-order valence-electron chi connectivity index (χ1n) is 11.7. The van der Waals surface area contributed by atoms with E-state index in [1.54, 1.807) is 25.5 Å². The Kier molecular flexibility index (Phi) is 6.98. The fourth-order valence-corrected chi connectivity index (χ4v) is 4.54. The number of rotatable bonds is 6. The molecular formula is C26H30F3N5O. The molecule has 6 nitrogen and oxygen atoms in total. The van der Waals surface area contributed by atoms with Gasteiger partial charge in [0.25, 0.3) is 12.0 Å². The zero-order valence-corrected chi connectivity index (χ0v) is 20.6. The number of nitrogens with zero attached hydrogens (tertiary/aromatic N) is 4. The van der Waals surface area contributed by atoms with Crippen LogP contribution >= 0.6 is 0 Å². The minimum Gasteiger partial charge on any atom is -0.363 e. The quantitative estimate of drug-likeness (QED) is 0.508. The number of halogens is 3. The van der Waals surface area contributed by atoms with Gasteiger partial charge in [0.1, 0.15) is 23.0 Å². The number of pyridine rings is 1. The molecule has 0 bridgehead atoms. The van der Waals surface area contributed by atoms with Gasteiger partial charge in [-0.3, -0.25) is 9.69 Å². The summed E-state index contributed by atoms with van der Waals surface area (Å²) in [5.41, 5.74) is 1.30. The van der Waals surface area contributed by atoms with E-state index in [-0.39, 0.29) is 16.6 Å². The maximum atomic E-state index is 14.8. The van der Waals surface area contributed by atoms with Crippen molar-refractivity contribution in [3.8, 4) is 0 Å². The number of anilines is 1. The first-order chi connectivity index (χ1) is 16.6. The topological polar surface area (TPSA) is 63.1 Å². The number of alkyl halides is 2. The lowest BCUT2D eigenvalue weighted by Gasteiger charge is -2.30. The highest BCUT2D eigenvalue weighted by Gasteiger charge is 2.23. The first-order valence-corrected chi connectivity index (χ1v) is 11.7. The lowest BCUT2D eigenvalue weighted by molar-refractivity contribution is 0.146. The lowest BCUT2D eigenvalue weighted by Crippen LogP contribution is -2.35. The van der Waals surface area contributed by atoms with Gasteiger partial charge in [0.05, 0.1) is 17.0 Å². The molecule has 1 aliphatic rings. The van der Waals surface area contributed by atoms with E-state index in [2.05, 4.69) is 40.1 Å². The number of aromatic nitrogens is 3. The second-order valence-corrected chi connectivity index (χ2v) is 9.26. The second-order valence-electron chi connectivity index (χ2n) is 9.26. The molecule has 3 heterocycles. The number of aryl methyl sites for hydroxylation is 1. The molecule has 0 radical (unpaired) electrons. The molecule has 1 N–H and O–H groups in total. The fraction of sp³-hybridized carbons (Fsp3) is 0.423. The van der Waals surface area contributed by atoms with E-state index >= 15 is 0 Å². The molecule has 0 aliphatic carbocycles. The Morgan fingerprint density at radius 2 is 1.83 bits per heavy atom. The van der Waals surface area contributed by atoms with Crippen molar-refractivity contribution in [1.29, 1.82) is 0 Å². The summed E-state index contributed by atoms with van der Waals surface area (Å²) in [7, 11) is 1.73. The molecule has 4 rings (SSSR count). The molecule has 0 spiro atoms. The van der Waals surface area contributed by atoms with Crippen LogP contribution in [0.4, 0.5) is 19.0 Å². The highest BCUT2D eigenvalue weighted by Crippen LogP contribution is 2.31. The Hall–Kier alpha value is -3.20. The van der Waals surface area contributed by atoms with Crippen molar-refractivity contribution < 1.29 is 13.2 Å². The highest BCUT2D eigenvalue weighted by molar-refractivity contribution is 5.91. The zero-order chi connectivity index (χ0) is 25.4. The van der Waals surface area contributed by atoms with Crippen LogP contribution in [-0.4, -0.2) is 38.6 Å². The Morgan fingerprint density at radius 1 is 1.11 bits per heavy atom. The van der Waals surface area contributed by atoms with Crippen LogP contribution in [0.15, 0.2) is 35.1 Å². The minimum absolute atomic E-state index is 0.0973. The van der Waals surface area contributed by atoms with Crippen molar-refractivity contribution in [2.75, 3.05) is 18.4 Å². The van der Waals surface area contributed by atoms with Gasteiger partial charge in [-0.15, -0.1) is 0 Å². The van der Waals surface area contributed by atoms with Gasteiger partial charge in [-0.2, -0.15) is 0 Å². The Morgan fingerprint density at radius 3 is 2.46 bits per heavy atom. The van der Waals surface area contributed by atoms with Gasteiger partial charge in [-0.25, -0.2) is 23.1 Å². The molecule has 186 valence electrons. The van der Waals surface area contributed by atoms with E-state index in [9.17, 15) is 18.0 Å². The Labute approximate surface area is 202 Å². The number of fused-ring (bicyclic) bond motifs is 1. The summed E-state index contributed by atoms with van der Waals surface area (Å²) in [6.07, 6.45) is 0.0273. The van der Waals surface area contributed by atoms with Crippen molar-refractivity contribution >= 4 is 22.3 Å². The number of hydrogen-bond donors (Lipinski definition) is 1. The molecule has 0 saturated carbocycles. The molecule has 0 amide bonds. The van der Waals surface area contributed by atoms with Crippen LogP contribution in [-0.2, 0) is 7.05 Å². The van der Waals surface area contributed by atoms with Crippen LogP contribution in [0.2, 0.25) is 0 Å². The van der Waals surface area contributed by atoms with E-state index in [1.807, 2.05) is 6.07 Å². The largest absolute Gasteiger partial charge is 0.363 e. The number of benzene rings is 1. The van der Waals surface area contributed by atoms with Gasteiger partial charge >= 0.3 is 0 Å². The molecule has 35 heavy (non-hydrogen) atoms. The maximum absolute atomic E-state index is 14.8. The van der Waals surface area contributed by atoms with E-state index in [1.165, 1.54) is 12.1 Å². The van der Waals surface area contributed by atoms with E-state index in [0.29, 0.717) is 23.1 Å². The molecule has 2 aromatic heterocycles. The minimum atomic E-state index is -2.91. The van der Waals surface area contributed by atoms with E-state index in [4.69, 9.17) is 0 Å². The summed E-state index contributed by atoms with van der Waals surface area (Å²) in [6.45, 7) is 9.34. The summed E-state index contributed by atoms with van der Waals surface area (Å²) in [5, 5.41) is 3.65.